The minimum atomic E-state index is -0.484. The molecule has 198 valence electrons. The van der Waals surface area contributed by atoms with Crippen LogP contribution in [0.25, 0.3) is 18.2 Å². The summed E-state index contributed by atoms with van der Waals surface area (Å²) in [6.45, 7) is 0. The largest absolute Gasteiger partial charge is 0.493 e. The van der Waals surface area contributed by atoms with Crippen LogP contribution in [0.4, 0.5) is 11.4 Å². The van der Waals surface area contributed by atoms with Crippen LogP contribution in [0.2, 0.25) is 0 Å². The quantitative estimate of drug-likeness (QED) is 0.153. The normalized spacial score (nSPS) is 10.9. The van der Waals surface area contributed by atoms with Crippen molar-refractivity contribution in [2.75, 3.05) is 40.9 Å². The van der Waals surface area contributed by atoms with E-state index >= 15 is 0 Å². The molecule has 1 amide bonds. The summed E-state index contributed by atoms with van der Waals surface area (Å²) >= 11 is 0. The number of benzene rings is 3. The minimum Gasteiger partial charge on any atom is -0.493 e. The first-order chi connectivity index (χ1) is 18.3. The van der Waals surface area contributed by atoms with Gasteiger partial charge in [-0.25, -0.2) is 0 Å². The third-order valence-electron chi connectivity index (χ3n) is 5.50. The van der Waals surface area contributed by atoms with E-state index < -0.39 is 10.8 Å². The van der Waals surface area contributed by atoms with Gasteiger partial charge >= 0.3 is 0 Å². The number of anilines is 1. The molecule has 0 radical (unpaired) electrons. The van der Waals surface area contributed by atoms with E-state index in [4.69, 9.17) is 23.7 Å². The molecule has 0 aliphatic heterocycles. The average Bonchev–Trinajstić information content (AvgIpc) is 2.94. The van der Waals surface area contributed by atoms with Gasteiger partial charge in [0, 0.05) is 23.8 Å². The standard InChI is InChI=1S/C28H28N2O8/c1-34-22-14-11-20(10-6-19-16-23(35-2)27(37-4)24(17-19)36-3)26(28(22)38-5)29-25(31)15-9-18-7-12-21(13-8-18)30(32)33/h6-17H,1-5H3,(H,29,31)/b10-6+,15-9+. The fourth-order valence-corrected chi connectivity index (χ4v) is 3.64. The van der Waals surface area contributed by atoms with E-state index in [1.54, 1.807) is 48.6 Å². The number of nitrogens with one attached hydrogen (secondary N) is 1. The van der Waals surface area contributed by atoms with E-state index in [0.29, 0.717) is 45.6 Å². The molecule has 1 N–H and O–H groups in total. The summed E-state index contributed by atoms with van der Waals surface area (Å²) in [4.78, 5) is 23.2. The Labute approximate surface area is 220 Å². The van der Waals surface area contributed by atoms with Gasteiger partial charge in [0.05, 0.1) is 46.2 Å². The highest BCUT2D eigenvalue weighted by atomic mass is 16.6. The van der Waals surface area contributed by atoms with Crippen LogP contribution >= 0.6 is 0 Å². The van der Waals surface area contributed by atoms with E-state index in [1.807, 2.05) is 6.08 Å². The van der Waals surface area contributed by atoms with Gasteiger partial charge < -0.3 is 29.0 Å². The molecule has 0 saturated heterocycles. The zero-order valence-electron chi connectivity index (χ0n) is 21.6. The molecular weight excluding hydrogens is 492 g/mol. The monoisotopic (exact) mass is 520 g/mol. The molecular formula is C28H28N2O8. The highest BCUT2D eigenvalue weighted by Gasteiger charge is 2.16. The molecule has 0 spiro atoms. The van der Waals surface area contributed by atoms with Gasteiger partial charge in [0.2, 0.25) is 11.7 Å². The predicted molar refractivity (Wildman–Crippen MR) is 145 cm³/mol. The zero-order valence-corrected chi connectivity index (χ0v) is 21.6. The number of ether oxygens (including phenoxy) is 5. The van der Waals surface area contributed by atoms with Crippen molar-refractivity contribution in [1.29, 1.82) is 0 Å². The van der Waals surface area contributed by atoms with Crippen LogP contribution in [0.5, 0.6) is 28.7 Å². The van der Waals surface area contributed by atoms with Crippen LogP contribution in [0, 0.1) is 10.1 Å². The van der Waals surface area contributed by atoms with E-state index in [-0.39, 0.29) is 5.69 Å². The Bertz CT molecular complexity index is 1340. The number of nitrogens with zero attached hydrogens (tertiary/aromatic N) is 1. The van der Waals surface area contributed by atoms with E-state index in [2.05, 4.69) is 5.32 Å². The number of rotatable bonds is 11. The molecule has 0 atom stereocenters. The van der Waals surface area contributed by atoms with Gasteiger partial charge in [-0.15, -0.1) is 0 Å². The molecule has 0 saturated carbocycles. The lowest BCUT2D eigenvalue weighted by molar-refractivity contribution is -0.384. The lowest BCUT2D eigenvalue weighted by atomic mass is 10.1. The van der Waals surface area contributed by atoms with Crippen molar-refractivity contribution in [2.45, 2.75) is 0 Å². The van der Waals surface area contributed by atoms with Gasteiger partial charge in [-0.05, 0) is 53.6 Å². The maximum absolute atomic E-state index is 12.8. The summed E-state index contributed by atoms with van der Waals surface area (Å²) in [5.74, 6) is 1.83. The van der Waals surface area contributed by atoms with Crippen LogP contribution in [-0.4, -0.2) is 46.4 Å². The second kappa shape index (κ2) is 12.8. The Morgan fingerprint density at radius 2 is 1.34 bits per heavy atom. The number of nitro groups is 1. The molecule has 0 aliphatic carbocycles. The lowest BCUT2D eigenvalue weighted by Gasteiger charge is -2.16. The number of non-ortho nitro benzene ring substituents is 1. The first kappa shape index (κ1) is 27.6. The van der Waals surface area contributed by atoms with E-state index in [1.165, 1.54) is 53.8 Å². The van der Waals surface area contributed by atoms with Crippen molar-refractivity contribution in [3.63, 3.8) is 0 Å². The summed E-state index contributed by atoms with van der Waals surface area (Å²) in [5, 5.41) is 13.7. The molecule has 0 fully saturated rings. The first-order valence-corrected chi connectivity index (χ1v) is 11.3. The molecule has 10 nitrogen and oxygen atoms in total. The van der Waals surface area contributed by atoms with Crippen LogP contribution in [0.1, 0.15) is 16.7 Å². The van der Waals surface area contributed by atoms with Crippen molar-refractivity contribution in [1.82, 2.24) is 0 Å². The molecule has 0 aromatic heterocycles. The first-order valence-electron chi connectivity index (χ1n) is 11.3. The van der Waals surface area contributed by atoms with Crippen molar-refractivity contribution in [3.05, 3.63) is 81.4 Å². The Morgan fingerprint density at radius 3 is 1.87 bits per heavy atom. The summed E-state index contributed by atoms with van der Waals surface area (Å²) in [5.41, 5.74) is 2.41. The van der Waals surface area contributed by atoms with Crippen LogP contribution < -0.4 is 29.0 Å². The molecule has 38 heavy (non-hydrogen) atoms. The Balaban J connectivity index is 1.94. The van der Waals surface area contributed by atoms with Gasteiger partial charge in [0.15, 0.2) is 23.0 Å². The Hall–Kier alpha value is -4.99. The van der Waals surface area contributed by atoms with Crippen molar-refractivity contribution in [2.24, 2.45) is 0 Å². The molecule has 0 unspecified atom stereocenters. The molecule has 3 rings (SSSR count). The smallest absolute Gasteiger partial charge is 0.269 e. The van der Waals surface area contributed by atoms with Gasteiger partial charge in [0.1, 0.15) is 0 Å². The number of nitro benzene ring substituents is 1. The van der Waals surface area contributed by atoms with Gasteiger partial charge in [0.25, 0.3) is 5.69 Å². The second-order valence-corrected chi connectivity index (χ2v) is 7.73. The number of carbonyl (C=O) groups excluding carboxylic acids is 1. The minimum absolute atomic E-state index is 0.0313. The lowest BCUT2D eigenvalue weighted by Crippen LogP contribution is -2.11. The zero-order chi connectivity index (χ0) is 27.7. The number of carbonyl (C=O) groups is 1. The number of hydrogen-bond donors (Lipinski definition) is 1. The highest BCUT2D eigenvalue weighted by molar-refractivity contribution is 6.04. The highest BCUT2D eigenvalue weighted by Crippen LogP contribution is 2.41. The maximum atomic E-state index is 12.8. The average molecular weight is 521 g/mol. The molecule has 10 heteroatoms. The Morgan fingerprint density at radius 1 is 0.737 bits per heavy atom. The molecule has 0 heterocycles. The summed E-state index contributed by atoms with van der Waals surface area (Å²) in [7, 11) is 7.59. The fraction of sp³-hybridized carbons (Fsp3) is 0.179. The van der Waals surface area contributed by atoms with Gasteiger partial charge in [-0.3, -0.25) is 14.9 Å². The molecule has 0 aliphatic rings. The third-order valence-corrected chi connectivity index (χ3v) is 5.50. The van der Waals surface area contributed by atoms with Crippen molar-refractivity contribution >= 4 is 35.5 Å². The van der Waals surface area contributed by atoms with E-state index in [0.717, 1.165) is 5.56 Å². The number of amides is 1. The van der Waals surface area contributed by atoms with E-state index in [9.17, 15) is 14.9 Å². The molecule has 3 aromatic carbocycles. The number of hydrogen-bond acceptors (Lipinski definition) is 8. The molecule has 3 aromatic rings. The van der Waals surface area contributed by atoms with Crippen LogP contribution in [-0.2, 0) is 4.79 Å². The SMILES string of the molecule is COc1cc(/C=C/c2ccc(OC)c(OC)c2NC(=O)/C=C/c2ccc([N+](=O)[O-])cc2)cc(OC)c1OC. The van der Waals surface area contributed by atoms with Crippen LogP contribution in [0.15, 0.2) is 54.6 Å². The summed E-state index contributed by atoms with van der Waals surface area (Å²) in [6.07, 6.45) is 6.51. The summed E-state index contributed by atoms with van der Waals surface area (Å²) in [6, 6.07) is 13.0. The fourth-order valence-electron chi connectivity index (χ4n) is 3.64. The molecule has 0 bridgehead atoms. The van der Waals surface area contributed by atoms with Crippen molar-refractivity contribution < 1.29 is 33.4 Å². The topological polar surface area (TPSA) is 118 Å². The van der Waals surface area contributed by atoms with Gasteiger partial charge in [-0.1, -0.05) is 12.2 Å². The number of methoxy groups -OCH3 is 5. The Kier molecular flexibility index (Phi) is 9.31. The second-order valence-electron chi connectivity index (χ2n) is 7.73. The maximum Gasteiger partial charge on any atom is 0.269 e. The van der Waals surface area contributed by atoms with Crippen molar-refractivity contribution in [3.8, 4) is 28.7 Å². The predicted octanol–water partition coefficient (Wildman–Crippen LogP) is 5.46. The van der Waals surface area contributed by atoms with Gasteiger partial charge in [-0.2, -0.15) is 0 Å². The summed E-state index contributed by atoms with van der Waals surface area (Å²) < 4.78 is 27.2. The third kappa shape index (κ3) is 6.41. The van der Waals surface area contributed by atoms with Crippen LogP contribution in [0.3, 0.4) is 0 Å².